The maximum absolute atomic E-state index is 11.5. The third kappa shape index (κ3) is 3.59. The number of carboxylic acids is 1. The summed E-state index contributed by atoms with van der Waals surface area (Å²) in [6, 6.07) is 4.56. The van der Waals surface area contributed by atoms with E-state index < -0.39 is 11.6 Å². The molecule has 7 nitrogen and oxygen atoms in total. The van der Waals surface area contributed by atoms with Gasteiger partial charge in [0.1, 0.15) is 11.3 Å². The molecule has 7 heteroatoms. The number of aromatic hydroxyl groups is 1. The average molecular weight is 295 g/mol. The largest absolute Gasteiger partial charge is 0.507 e. The molecule has 114 valence electrons. The Morgan fingerprint density at radius 1 is 1.38 bits per heavy atom. The van der Waals surface area contributed by atoms with E-state index in [0.29, 0.717) is 11.1 Å². The number of hydrogen-bond donors (Lipinski definition) is 2. The van der Waals surface area contributed by atoms with Crippen LogP contribution < -0.4 is 5.63 Å². The van der Waals surface area contributed by atoms with Gasteiger partial charge in [-0.3, -0.25) is 9.69 Å². The van der Waals surface area contributed by atoms with Crippen LogP contribution in [0.15, 0.2) is 27.4 Å². The lowest BCUT2D eigenvalue weighted by Crippen LogP contribution is -2.25. The zero-order chi connectivity index (χ0) is 14.9. The summed E-state index contributed by atoms with van der Waals surface area (Å²) in [5.41, 5.74) is 0.959. The molecule has 2 rings (SSSR count). The number of aryl methyl sites for hydroxylation is 1. The van der Waals surface area contributed by atoms with Gasteiger partial charge in [-0.05, 0) is 31.7 Å². The minimum Gasteiger partial charge on any atom is -0.507 e. The van der Waals surface area contributed by atoms with E-state index in [2.05, 4.69) is 0 Å². The summed E-state index contributed by atoms with van der Waals surface area (Å²) in [4.78, 5) is 23.7. The van der Waals surface area contributed by atoms with Gasteiger partial charge in [-0.2, -0.15) is 0 Å². The Hall–Kier alpha value is -2.38. The highest BCUT2D eigenvalue weighted by Crippen LogP contribution is 2.28. The van der Waals surface area contributed by atoms with Gasteiger partial charge in [0.05, 0.1) is 12.1 Å². The van der Waals surface area contributed by atoms with E-state index in [1.54, 1.807) is 20.0 Å². The summed E-state index contributed by atoms with van der Waals surface area (Å²) in [6.07, 6.45) is 0. The second-order valence-electron chi connectivity index (χ2n) is 4.75. The van der Waals surface area contributed by atoms with E-state index >= 15 is 0 Å². The van der Waals surface area contributed by atoms with Gasteiger partial charge >= 0.3 is 11.6 Å². The molecule has 0 atom stereocenters. The van der Waals surface area contributed by atoms with Crippen molar-refractivity contribution >= 4 is 16.9 Å². The molecular formula is C14H17NO6. The first-order valence-corrected chi connectivity index (χ1v) is 6.04. The Bertz CT molecular complexity index is 721. The van der Waals surface area contributed by atoms with E-state index in [-0.39, 0.29) is 24.3 Å². The normalized spacial score (nSPS) is 10.6. The van der Waals surface area contributed by atoms with Crippen LogP contribution in [0.4, 0.5) is 0 Å². The maximum atomic E-state index is 11.5. The Kier molecular flexibility index (Phi) is 5.07. The van der Waals surface area contributed by atoms with Gasteiger partial charge < -0.3 is 20.1 Å². The van der Waals surface area contributed by atoms with Crippen LogP contribution in [-0.4, -0.2) is 40.2 Å². The molecular weight excluding hydrogens is 278 g/mol. The van der Waals surface area contributed by atoms with Crippen molar-refractivity contribution in [2.24, 2.45) is 0 Å². The van der Waals surface area contributed by atoms with Crippen LogP contribution in [0.3, 0.4) is 0 Å². The molecule has 1 aromatic heterocycles. The predicted octanol–water partition coefficient (Wildman–Crippen LogP) is 0.499. The van der Waals surface area contributed by atoms with Gasteiger partial charge in [0.15, 0.2) is 0 Å². The predicted molar refractivity (Wildman–Crippen MR) is 76.5 cm³/mol. The molecule has 0 radical (unpaired) electrons. The number of aliphatic carboxylic acids is 1. The molecule has 1 aromatic carbocycles. The standard InChI is InChI=1S/C14H15NO5.H2O/c1-8-5-13(19)20-14-9(8)3-4-11(16)10(14)6-15(2)7-12(17)18;/h3-5,16H,6-7H2,1-2H3,(H,17,18);1H2. The summed E-state index contributed by atoms with van der Waals surface area (Å²) in [5, 5.41) is 19.4. The molecule has 0 bridgehead atoms. The first-order chi connectivity index (χ1) is 9.38. The van der Waals surface area contributed by atoms with E-state index in [9.17, 15) is 14.7 Å². The number of nitrogens with zero attached hydrogens (tertiary/aromatic N) is 1. The molecule has 0 amide bonds. The van der Waals surface area contributed by atoms with Crippen molar-refractivity contribution in [3.05, 3.63) is 39.7 Å². The Morgan fingerprint density at radius 2 is 2.05 bits per heavy atom. The first-order valence-electron chi connectivity index (χ1n) is 6.04. The highest BCUT2D eigenvalue weighted by molar-refractivity contribution is 5.84. The van der Waals surface area contributed by atoms with Crippen molar-refractivity contribution in [2.45, 2.75) is 13.5 Å². The molecule has 0 aliphatic rings. The molecule has 21 heavy (non-hydrogen) atoms. The number of carboxylic acid groups (broad SMARTS) is 1. The quantitative estimate of drug-likeness (QED) is 0.792. The average Bonchev–Trinajstić information content (AvgIpc) is 2.31. The number of rotatable bonds is 4. The highest BCUT2D eigenvalue weighted by Gasteiger charge is 2.15. The van der Waals surface area contributed by atoms with E-state index in [1.807, 2.05) is 0 Å². The van der Waals surface area contributed by atoms with Crippen molar-refractivity contribution in [1.82, 2.24) is 4.90 Å². The van der Waals surface area contributed by atoms with E-state index in [4.69, 9.17) is 9.52 Å². The van der Waals surface area contributed by atoms with E-state index in [1.165, 1.54) is 17.0 Å². The van der Waals surface area contributed by atoms with Crippen molar-refractivity contribution in [3.63, 3.8) is 0 Å². The number of phenolic OH excluding ortho intramolecular Hbond substituents is 1. The summed E-state index contributed by atoms with van der Waals surface area (Å²) in [6.45, 7) is 1.77. The number of fused-ring (bicyclic) bond motifs is 1. The number of phenols is 1. The number of carbonyl (C=O) groups is 1. The third-order valence-corrected chi connectivity index (χ3v) is 3.03. The van der Waals surface area contributed by atoms with Crippen molar-refractivity contribution in [1.29, 1.82) is 0 Å². The van der Waals surface area contributed by atoms with Gasteiger partial charge in [-0.1, -0.05) is 0 Å². The minimum atomic E-state index is -0.968. The monoisotopic (exact) mass is 295 g/mol. The lowest BCUT2D eigenvalue weighted by Gasteiger charge is -2.16. The fraction of sp³-hybridized carbons (Fsp3) is 0.286. The summed E-state index contributed by atoms with van der Waals surface area (Å²) in [5.74, 6) is -0.992. The van der Waals surface area contributed by atoms with Crippen LogP contribution in [0.1, 0.15) is 11.1 Å². The lowest BCUT2D eigenvalue weighted by molar-refractivity contribution is -0.138. The number of hydrogen-bond acceptors (Lipinski definition) is 5. The Balaban J connectivity index is 0.00000220. The van der Waals surface area contributed by atoms with Crippen LogP contribution >= 0.6 is 0 Å². The molecule has 1 heterocycles. The van der Waals surface area contributed by atoms with Gasteiger partial charge in [0, 0.05) is 18.0 Å². The molecule has 0 spiro atoms. The fourth-order valence-corrected chi connectivity index (χ4v) is 2.14. The van der Waals surface area contributed by atoms with Crippen molar-refractivity contribution < 1.29 is 24.9 Å². The highest BCUT2D eigenvalue weighted by atomic mass is 16.4. The summed E-state index contributed by atoms with van der Waals surface area (Å²) in [7, 11) is 1.61. The molecule has 0 aliphatic heterocycles. The van der Waals surface area contributed by atoms with Crippen LogP contribution in [0, 0.1) is 6.92 Å². The van der Waals surface area contributed by atoms with Crippen LogP contribution in [0.5, 0.6) is 5.75 Å². The van der Waals surface area contributed by atoms with Gasteiger partial charge in [-0.15, -0.1) is 0 Å². The van der Waals surface area contributed by atoms with E-state index in [0.717, 1.165) is 10.9 Å². The second kappa shape index (κ2) is 6.38. The molecule has 0 aliphatic carbocycles. The third-order valence-electron chi connectivity index (χ3n) is 3.03. The molecule has 0 fully saturated rings. The van der Waals surface area contributed by atoms with Crippen LogP contribution in [0.25, 0.3) is 11.0 Å². The van der Waals surface area contributed by atoms with Crippen LogP contribution in [-0.2, 0) is 11.3 Å². The molecule has 0 saturated carbocycles. The maximum Gasteiger partial charge on any atom is 0.336 e. The molecule has 4 N–H and O–H groups in total. The van der Waals surface area contributed by atoms with Crippen molar-refractivity contribution in [3.8, 4) is 5.75 Å². The molecule has 2 aromatic rings. The molecule has 0 saturated heterocycles. The Morgan fingerprint density at radius 3 is 2.67 bits per heavy atom. The van der Waals surface area contributed by atoms with Gasteiger partial charge in [0.25, 0.3) is 0 Å². The number of likely N-dealkylation sites (N-methyl/N-ethyl adjacent to an activating group) is 1. The lowest BCUT2D eigenvalue weighted by atomic mass is 10.1. The summed E-state index contributed by atoms with van der Waals surface area (Å²) < 4.78 is 5.17. The van der Waals surface area contributed by atoms with Crippen molar-refractivity contribution in [2.75, 3.05) is 13.6 Å². The Labute approximate surface area is 120 Å². The summed E-state index contributed by atoms with van der Waals surface area (Å²) >= 11 is 0. The number of benzene rings is 1. The van der Waals surface area contributed by atoms with Gasteiger partial charge in [-0.25, -0.2) is 4.79 Å². The molecule has 0 unspecified atom stereocenters. The van der Waals surface area contributed by atoms with Crippen LogP contribution in [0.2, 0.25) is 0 Å². The fourth-order valence-electron chi connectivity index (χ4n) is 2.14. The zero-order valence-corrected chi connectivity index (χ0v) is 11.7. The smallest absolute Gasteiger partial charge is 0.336 e. The zero-order valence-electron chi connectivity index (χ0n) is 11.7. The van der Waals surface area contributed by atoms with Gasteiger partial charge in [0.2, 0.25) is 0 Å². The minimum absolute atomic E-state index is 0. The first kappa shape index (κ1) is 16.7. The second-order valence-corrected chi connectivity index (χ2v) is 4.75. The topological polar surface area (TPSA) is 122 Å². The SMILES string of the molecule is Cc1cc(=O)oc2c(CN(C)CC(=O)O)c(O)ccc12.O.